The molecule has 0 spiro atoms. The standard InChI is InChI=1S/C21H24FN5O2/c1-14-12-19(24-15(2)23-14)25-8-10-26(11-9-25)21(29)17-13-16(5-6-18(17)22)27-7-3-4-20(27)28/h5-6,12-13H,3-4,7-11H2,1-2H3. The Balaban J connectivity index is 1.47. The summed E-state index contributed by atoms with van der Waals surface area (Å²) < 4.78 is 14.4. The third kappa shape index (κ3) is 3.92. The fourth-order valence-electron chi connectivity index (χ4n) is 3.93. The molecule has 0 saturated carbocycles. The number of hydrogen-bond acceptors (Lipinski definition) is 5. The predicted molar refractivity (Wildman–Crippen MR) is 108 cm³/mol. The Bertz CT molecular complexity index is 936. The second-order valence-electron chi connectivity index (χ2n) is 7.51. The molecular weight excluding hydrogens is 373 g/mol. The van der Waals surface area contributed by atoms with Crippen LogP contribution >= 0.6 is 0 Å². The molecule has 3 heterocycles. The van der Waals surface area contributed by atoms with Crippen molar-refractivity contribution in [2.45, 2.75) is 26.7 Å². The van der Waals surface area contributed by atoms with Crippen LogP contribution in [0, 0.1) is 19.7 Å². The molecule has 0 atom stereocenters. The minimum Gasteiger partial charge on any atom is -0.353 e. The van der Waals surface area contributed by atoms with Crippen LogP contribution in [0.4, 0.5) is 15.9 Å². The van der Waals surface area contributed by atoms with Crippen molar-refractivity contribution in [1.82, 2.24) is 14.9 Å². The number of anilines is 2. The van der Waals surface area contributed by atoms with E-state index in [0.29, 0.717) is 50.7 Å². The van der Waals surface area contributed by atoms with Crippen LogP contribution in [-0.2, 0) is 4.79 Å². The van der Waals surface area contributed by atoms with Crippen molar-refractivity contribution >= 4 is 23.3 Å². The monoisotopic (exact) mass is 397 g/mol. The Morgan fingerprint density at radius 2 is 1.79 bits per heavy atom. The van der Waals surface area contributed by atoms with Gasteiger partial charge in [0.15, 0.2) is 0 Å². The third-order valence-electron chi connectivity index (χ3n) is 5.41. The first-order valence-electron chi connectivity index (χ1n) is 9.89. The zero-order valence-electron chi connectivity index (χ0n) is 16.7. The van der Waals surface area contributed by atoms with Crippen LogP contribution in [0.15, 0.2) is 24.3 Å². The highest BCUT2D eigenvalue weighted by molar-refractivity contribution is 5.99. The zero-order chi connectivity index (χ0) is 20.5. The number of nitrogens with zero attached hydrogens (tertiary/aromatic N) is 5. The molecule has 1 aromatic heterocycles. The summed E-state index contributed by atoms with van der Waals surface area (Å²) in [4.78, 5) is 39.1. The van der Waals surface area contributed by atoms with Gasteiger partial charge in [0.1, 0.15) is 17.5 Å². The first kappa shape index (κ1) is 19.3. The van der Waals surface area contributed by atoms with Crippen molar-refractivity contribution < 1.29 is 14.0 Å². The lowest BCUT2D eigenvalue weighted by molar-refractivity contribution is -0.117. The minimum atomic E-state index is -0.560. The fourth-order valence-corrected chi connectivity index (χ4v) is 3.93. The highest BCUT2D eigenvalue weighted by Crippen LogP contribution is 2.25. The molecule has 2 fully saturated rings. The van der Waals surface area contributed by atoms with Gasteiger partial charge >= 0.3 is 0 Å². The molecule has 0 aliphatic carbocycles. The normalized spacial score (nSPS) is 17.2. The summed E-state index contributed by atoms with van der Waals surface area (Å²) in [5.41, 5.74) is 1.51. The van der Waals surface area contributed by atoms with Crippen molar-refractivity contribution in [3.63, 3.8) is 0 Å². The average molecular weight is 397 g/mol. The number of carbonyl (C=O) groups excluding carboxylic acids is 2. The first-order valence-corrected chi connectivity index (χ1v) is 9.89. The minimum absolute atomic E-state index is 0.0130. The van der Waals surface area contributed by atoms with Crippen LogP contribution in [0.2, 0.25) is 0 Å². The van der Waals surface area contributed by atoms with Gasteiger partial charge in [0, 0.05) is 56.6 Å². The number of aromatic nitrogens is 2. The number of carbonyl (C=O) groups is 2. The van der Waals surface area contributed by atoms with E-state index in [0.717, 1.165) is 17.9 Å². The van der Waals surface area contributed by atoms with Crippen molar-refractivity contribution in [1.29, 1.82) is 0 Å². The summed E-state index contributed by atoms with van der Waals surface area (Å²) in [6, 6.07) is 6.27. The third-order valence-corrected chi connectivity index (χ3v) is 5.41. The number of hydrogen-bond donors (Lipinski definition) is 0. The van der Waals surface area contributed by atoms with E-state index < -0.39 is 5.82 Å². The van der Waals surface area contributed by atoms with Crippen molar-refractivity contribution in [2.24, 2.45) is 0 Å². The van der Waals surface area contributed by atoms with Crippen molar-refractivity contribution in [2.75, 3.05) is 42.5 Å². The Morgan fingerprint density at radius 1 is 1.03 bits per heavy atom. The molecule has 1 aromatic carbocycles. The van der Waals surface area contributed by atoms with Gasteiger partial charge < -0.3 is 14.7 Å². The molecule has 0 radical (unpaired) electrons. The van der Waals surface area contributed by atoms with Crippen molar-refractivity contribution in [3.8, 4) is 0 Å². The van der Waals surface area contributed by atoms with E-state index in [1.165, 1.54) is 12.1 Å². The van der Waals surface area contributed by atoms with E-state index in [2.05, 4.69) is 14.9 Å². The van der Waals surface area contributed by atoms with Gasteiger partial charge in [-0.1, -0.05) is 0 Å². The van der Waals surface area contributed by atoms with Crippen molar-refractivity contribution in [3.05, 3.63) is 47.2 Å². The summed E-state index contributed by atoms with van der Waals surface area (Å²) in [5, 5.41) is 0. The summed E-state index contributed by atoms with van der Waals surface area (Å²) in [6.07, 6.45) is 1.27. The van der Waals surface area contributed by atoms with Gasteiger partial charge in [-0.05, 0) is 38.5 Å². The van der Waals surface area contributed by atoms with Crippen LogP contribution < -0.4 is 9.80 Å². The predicted octanol–water partition coefficient (Wildman–Crippen LogP) is 2.32. The molecule has 152 valence electrons. The summed E-state index contributed by atoms with van der Waals surface area (Å²) in [6.45, 7) is 6.59. The van der Waals surface area contributed by atoms with E-state index >= 15 is 0 Å². The lowest BCUT2D eigenvalue weighted by Crippen LogP contribution is -2.49. The topological polar surface area (TPSA) is 69.6 Å². The number of piperazine rings is 1. The van der Waals surface area contributed by atoms with E-state index in [4.69, 9.17) is 0 Å². The number of halogens is 1. The molecule has 2 aliphatic heterocycles. The highest BCUT2D eigenvalue weighted by atomic mass is 19.1. The van der Waals surface area contributed by atoms with Gasteiger partial charge in [-0.15, -0.1) is 0 Å². The van der Waals surface area contributed by atoms with E-state index in [1.54, 1.807) is 15.9 Å². The summed E-state index contributed by atoms with van der Waals surface area (Å²) in [5.74, 6) is 0.677. The Morgan fingerprint density at radius 3 is 2.45 bits per heavy atom. The Labute approximate surface area is 169 Å². The highest BCUT2D eigenvalue weighted by Gasteiger charge is 2.27. The number of aryl methyl sites for hydroxylation is 2. The van der Waals surface area contributed by atoms with E-state index in [-0.39, 0.29) is 17.4 Å². The van der Waals surface area contributed by atoms with Crippen LogP contribution in [0.3, 0.4) is 0 Å². The smallest absolute Gasteiger partial charge is 0.257 e. The summed E-state index contributed by atoms with van der Waals surface area (Å²) >= 11 is 0. The molecule has 2 aromatic rings. The molecular formula is C21H24FN5O2. The Hall–Kier alpha value is -3.03. The maximum absolute atomic E-state index is 14.4. The lowest BCUT2D eigenvalue weighted by atomic mass is 10.1. The van der Waals surface area contributed by atoms with Crippen LogP contribution in [0.25, 0.3) is 0 Å². The average Bonchev–Trinajstić information content (AvgIpc) is 3.13. The zero-order valence-corrected chi connectivity index (χ0v) is 16.7. The molecule has 2 aliphatic rings. The maximum atomic E-state index is 14.4. The fraction of sp³-hybridized carbons (Fsp3) is 0.429. The second-order valence-corrected chi connectivity index (χ2v) is 7.51. The molecule has 0 bridgehead atoms. The summed E-state index contributed by atoms with van der Waals surface area (Å²) in [7, 11) is 0. The van der Waals surface area contributed by atoms with Gasteiger partial charge in [0.25, 0.3) is 5.91 Å². The van der Waals surface area contributed by atoms with Gasteiger partial charge in [-0.2, -0.15) is 0 Å². The molecule has 0 N–H and O–H groups in total. The molecule has 7 nitrogen and oxygen atoms in total. The number of benzene rings is 1. The molecule has 8 heteroatoms. The van der Waals surface area contributed by atoms with E-state index in [1.807, 2.05) is 19.9 Å². The maximum Gasteiger partial charge on any atom is 0.257 e. The lowest BCUT2D eigenvalue weighted by Gasteiger charge is -2.35. The quantitative estimate of drug-likeness (QED) is 0.795. The van der Waals surface area contributed by atoms with Gasteiger partial charge in [0.2, 0.25) is 5.91 Å². The SMILES string of the molecule is Cc1cc(N2CCN(C(=O)c3cc(N4CCCC4=O)ccc3F)CC2)nc(C)n1. The molecule has 0 unspecified atom stereocenters. The van der Waals surface area contributed by atoms with Crippen LogP contribution in [0.5, 0.6) is 0 Å². The molecule has 4 rings (SSSR count). The van der Waals surface area contributed by atoms with Gasteiger partial charge in [-0.25, -0.2) is 14.4 Å². The van der Waals surface area contributed by atoms with Gasteiger partial charge in [-0.3, -0.25) is 9.59 Å². The molecule has 29 heavy (non-hydrogen) atoms. The second kappa shape index (κ2) is 7.77. The van der Waals surface area contributed by atoms with Crippen LogP contribution in [-0.4, -0.2) is 59.4 Å². The largest absolute Gasteiger partial charge is 0.353 e. The molecule has 2 amide bonds. The number of amides is 2. The Kier molecular flexibility index (Phi) is 5.17. The van der Waals surface area contributed by atoms with Crippen LogP contribution in [0.1, 0.15) is 34.7 Å². The molecule has 2 saturated heterocycles. The number of rotatable bonds is 3. The van der Waals surface area contributed by atoms with Gasteiger partial charge in [0.05, 0.1) is 5.56 Å². The first-order chi connectivity index (χ1) is 13.9. The van der Waals surface area contributed by atoms with E-state index in [9.17, 15) is 14.0 Å².